The molecule has 2 nitrogen and oxygen atoms in total. The van der Waals surface area contributed by atoms with E-state index in [2.05, 4.69) is 27.7 Å². The summed E-state index contributed by atoms with van der Waals surface area (Å²) >= 11 is 3.09. The van der Waals surface area contributed by atoms with Gasteiger partial charge in [0, 0.05) is 23.3 Å². The molecule has 1 fully saturated rings. The molecule has 0 aromatic heterocycles. The first kappa shape index (κ1) is 15.1. The molecule has 0 radical (unpaired) electrons. The summed E-state index contributed by atoms with van der Waals surface area (Å²) in [6.45, 7) is 8.22. The molecular weight excluding hydrogens is 252 g/mol. The van der Waals surface area contributed by atoms with Crippen LogP contribution in [0.15, 0.2) is 0 Å². The Bertz CT molecular complexity index is 268. The molecule has 0 heterocycles. The molecule has 98 valence electrons. The molecule has 0 amide bonds. The van der Waals surface area contributed by atoms with Crippen molar-refractivity contribution in [3.8, 4) is 0 Å². The van der Waals surface area contributed by atoms with Crippen LogP contribution in [-0.4, -0.2) is 26.1 Å². The highest BCUT2D eigenvalue weighted by Crippen LogP contribution is 2.46. The number of carbonyl (C=O) groups is 2. The smallest absolute Gasteiger partial charge is 0.178 e. The van der Waals surface area contributed by atoms with Crippen LogP contribution in [-0.2, 0) is 9.59 Å². The lowest BCUT2D eigenvalue weighted by Crippen LogP contribution is -2.41. The standard InChI is InChI=1S/C13H22O2S2/c1-9(2)16-13(17-10(3)4)11(14)7-5-6-8-12(13)15/h9-10H,5-8H2,1-4H3. The molecule has 0 saturated heterocycles. The van der Waals surface area contributed by atoms with E-state index in [-0.39, 0.29) is 11.6 Å². The Balaban J connectivity index is 3.05. The van der Waals surface area contributed by atoms with E-state index in [1.54, 1.807) is 23.5 Å². The lowest BCUT2D eigenvalue weighted by molar-refractivity contribution is -0.126. The third-order valence-corrected chi connectivity index (χ3v) is 5.69. The minimum Gasteiger partial charge on any atom is -0.297 e. The molecular formula is C13H22O2S2. The van der Waals surface area contributed by atoms with Gasteiger partial charge in [0.15, 0.2) is 15.6 Å². The van der Waals surface area contributed by atoms with Crippen molar-refractivity contribution in [3.63, 3.8) is 0 Å². The Morgan fingerprint density at radius 3 is 1.53 bits per heavy atom. The Morgan fingerprint density at radius 2 is 1.24 bits per heavy atom. The van der Waals surface area contributed by atoms with Crippen molar-refractivity contribution in [2.24, 2.45) is 0 Å². The molecule has 1 saturated carbocycles. The summed E-state index contributed by atoms with van der Waals surface area (Å²) in [5.74, 6) is 0.273. The summed E-state index contributed by atoms with van der Waals surface area (Å²) in [6.07, 6.45) is 2.85. The van der Waals surface area contributed by atoms with E-state index in [0.29, 0.717) is 23.3 Å². The summed E-state index contributed by atoms with van der Waals surface area (Å²) in [5.41, 5.74) is 0. The van der Waals surface area contributed by atoms with Crippen molar-refractivity contribution in [3.05, 3.63) is 0 Å². The van der Waals surface area contributed by atoms with Crippen molar-refractivity contribution in [2.45, 2.75) is 68.0 Å². The maximum Gasteiger partial charge on any atom is 0.178 e. The Kier molecular flexibility index (Phi) is 5.58. The summed E-state index contributed by atoms with van der Waals surface area (Å²) in [4.78, 5) is 24.7. The molecule has 0 aliphatic heterocycles. The van der Waals surface area contributed by atoms with Gasteiger partial charge in [-0.25, -0.2) is 0 Å². The summed E-state index contributed by atoms with van der Waals surface area (Å²) < 4.78 is -0.821. The highest BCUT2D eigenvalue weighted by molar-refractivity contribution is 8.21. The zero-order chi connectivity index (χ0) is 13.1. The van der Waals surface area contributed by atoms with Gasteiger partial charge in [-0.2, -0.15) is 0 Å². The van der Waals surface area contributed by atoms with Crippen molar-refractivity contribution in [1.29, 1.82) is 0 Å². The Morgan fingerprint density at radius 1 is 0.882 bits per heavy atom. The van der Waals surface area contributed by atoms with Gasteiger partial charge in [0.05, 0.1) is 0 Å². The van der Waals surface area contributed by atoms with Crippen LogP contribution in [0.2, 0.25) is 0 Å². The molecule has 0 bridgehead atoms. The van der Waals surface area contributed by atoms with Crippen LogP contribution in [0, 0.1) is 0 Å². The second-order valence-corrected chi connectivity index (χ2v) is 8.84. The van der Waals surface area contributed by atoms with E-state index < -0.39 is 4.08 Å². The monoisotopic (exact) mass is 274 g/mol. The van der Waals surface area contributed by atoms with Crippen LogP contribution in [0.4, 0.5) is 0 Å². The van der Waals surface area contributed by atoms with Crippen LogP contribution < -0.4 is 0 Å². The Hall–Kier alpha value is 0.0400. The lowest BCUT2D eigenvalue weighted by atomic mass is 10.1. The van der Waals surface area contributed by atoms with Crippen LogP contribution >= 0.6 is 23.5 Å². The van der Waals surface area contributed by atoms with Crippen LogP contribution in [0.1, 0.15) is 53.4 Å². The minimum absolute atomic E-state index is 0.136. The van der Waals surface area contributed by atoms with Gasteiger partial charge in [0.2, 0.25) is 0 Å². The molecule has 17 heavy (non-hydrogen) atoms. The number of rotatable bonds is 4. The third kappa shape index (κ3) is 3.75. The highest BCUT2D eigenvalue weighted by Gasteiger charge is 2.47. The minimum atomic E-state index is -0.821. The molecule has 0 aromatic carbocycles. The van der Waals surface area contributed by atoms with Crippen molar-refractivity contribution in [2.75, 3.05) is 0 Å². The maximum atomic E-state index is 12.4. The van der Waals surface area contributed by atoms with E-state index in [9.17, 15) is 9.59 Å². The average molecular weight is 274 g/mol. The SMILES string of the molecule is CC(C)SC1(SC(C)C)C(=O)CCCCC1=O. The number of hydrogen-bond acceptors (Lipinski definition) is 4. The number of ketones is 2. The van der Waals surface area contributed by atoms with Gasteiger partial charge in [-0.15, -0.1) is 23.5 Å². The predicted octanol–water partition coefficient (Wildman–Crippen LogP) is 3.68. The molecule has 0 aromatic rings. The molecule has 0 unspecified atom stereocenters. The van der Waals surface area contributed by atoms with E-state index >= 15 is 0 Å². The van der Waals surface area contributed by atoms with Crippen LogP contribution in [0.25, 0.3) is 0 Å². The Labute approximate surface area is 113 Å². The predicted molar refractivity (Wildman–Crippen MR) is 76.7 cm³/mol. The molecule has 1 aliphatic carbocycles. The lowest BCUT2D eigenvalue weighted by Gasteiger charge is -2.31. The van der Waals surface area contributed by atoms with Gasteiger partial charge in [-0.3, -0.25) is 9.59 Å². The van der Waals surface area contributed by atoms with Gasteiger partial charge < -0.3 is 0 Å². The van der Waals surface area contributed by atoms with Crippen LogP contribution in [0.5, 0.6) is 0 Å². The van der Waals surface area contributed by atoms with Gasteiger partial charge >= 0.3 is 0 Å². The van der Waals surface area contributed by atoms with E-state index in [1.165, 1.54) is 0 Å². The number of hydrogen-bond donors (Lipinski definition) is 0. The topological polar surface area (TPSA) is 34.1 Å². The van der Waals surface area contributed by atoms with Crippen molar-refractivity contribution >= 4 is 35.1 Å². The fraction of sp³-hybridized carbons (Fsp3) is 0.846. The molecule has 4 heteroatoms. The average Bonchev–Trinajstić information content (AvgIpc) is 2.30. The van der Waals surface area contributed by atoms with Gasteiger partial charge in [0.1, 0.15) is 0 Å². The number of Topliss-reactive ketones (excluding diaryl/α,β-unsaturated/α-hetero) is 2. The van der Waals surface area contributed by atoms with E-state index in [4.69, 9.17) is 0 Å². The van der Waals surface area contributed by atoms with Crippen molar-refractivity contribution < 1.29 is 9.59 Å². The van der Waals surface area contributed by atoms with Gasteiger partial charge in [-0.05, 0) is 12.8 Å². The molecule has 1 rings (SSSR count). The zero-order valence-electron chi connectivity index (χ0n) is 11.1. The fourth-order valence-electron chi connectivity index (χ4n) is 2.01. The first-order valence-electron chi connectivity index (χ1n) is 6.30. The fourth-order valence-corrected chi connectivity index (χ4v) is 5.65. The highest BCUT2D eigenvalue weighted by atomic mass is 32.2. The normalized spacial score (nSPS) is 21.1. The first-order valence-corrected chi connectivity index (χ1v) is 8.06. The van der Waals surface area contributed by atoms with Gasteiger partial charge in [0.25, 0.3) is 0 Å². The molecule has 0 atom stereocenters. The first-order chi connectivity index (χ1) is 7.88. The summed E-state index contributed by atoms with van der Waals surface area (Å²) in [6, 6.07) is 0. The van der Waals surface area contributed by atoms with E-state index in [1.807, 2.05) is 0 Å². The number of carbonyl (C=O) groups excluding carboxylic acids is 2. The summed E-state index contributed by atoms with van der Waals surface area (Å²) in [5, 5.41) is 0.597. The second-order valence-electron chi connectivity index (χ2n) is 5.00. The van der Waals surface area contributed by atoms with Crippen LogP contribution in [0.3, 0.4) is 0 Å². The van der Waals surface area contributed by atoms with E-state index in [0.717, 1.165) is 12.8 Å². The zero-order valence-corrected chi connectivity index (χ0v) is 12.7. The molecule has 1 aliphatic rings. The summed E-state index contributed by atoms with van der Waals surface area (Å²) in [7, 11) is 0. The third-order valence-electron chi connectivity index (χ3n) is 2.60. The quantitative estimate of drug-likeness (QED) is 0.445. The second kappa shape index (κ2) is 6.28. The molecule has 0 N–H and O–H groups in total. The van der Waals surface area contributed by atoms with Crippen molar-refractivity contribution in [1.82, 2.24) is 0 Å². The largest absolute Gasteiger partial charge is 0.297 e. The molecule has 0 spiro atoms. The number of thioether (sulfide) groups is 2. The van der Waals surface area contributed by atoms with Gasteiger partial charge in [-0.1, -0.05) is 27.7 Å². The maximum absolute atomic E-state index is 12.4.